The molecule has 1 unspecified atom stereocenters. The normalized spacial score (nSPS) is 10.3. The van der Waals surface area contributed by atoms with Crippen LogP contribution in [0.4, 0.5) is 0 Å². The summed E-state index contributed by atoms with van der Waals surface area (Å²) in [4.78, 5) is 9.91. The number of carboxylic acids is 1. The summed E-state index contributed by atoms with van der Waals surface area (Å²) < 4.78 is 0.694. The van der Waals surface area contributed by atoms with Crippen molar-refractivity contribution in [2.24, 2.45) is 5.92 Å². The molecule has 5 heteroatoms. The highest BCUT2D eigenvalue weighted by Crippen LogP contribution is 2.02. The molecular weight excluding hydrogens is 206 g/mol. The summed E-state index contributed by atoms with van der Waals surface area (Å²) in [5.41, 5.74) is 0. The largest absolute Gasteiger partial charge is 0.481 e. The van der Waals surface area contributed by atoms with Gasteiger partial charge in [-0.3, -0.25) is 4.79 Å². The van der Waals surface area contributed by atoms with E-state index in [1.54, 1.807) is 13.8 Å². The van der Waals surface area contributed by atoms with Crippen molar-refractivity contribution in [3.63, 3.8) is 0 Å². The fraction of sp³-hybridized carbons (Fsp3) is 0.625. The first kappa shape index (κ1) is 14.9. The molecule has 1 atom stereocenters. The van der Waals surface area contributed by atoms with E-state index in [0.29, 0.717) is 10.6 Å². The van der Waals surface area contributed by atoms with Gasteiger partial charge in [0.2, 0.25) is 0 Å². The number of hydrogen-bond acceptors (Lipinski definition) is 3. The van der Waals surface area contributed by atoms with Crippen LogP contribution in [-0.4, -0.2) is 15.3 Å². The Labute approximate surface area is 89.2 Å². The van der Waals surface area contributed by atoms with Crippen molar-refractivity contribution in [1.29, 1.82) is 5.26 Å². The van der Waals surface area contributed by atoms with E-state index >= 15 is 0 Å². The molecule has 0 amide bonds. The predicted molar refractivity (Wildman–Crippen MR) is 58.9 cm³/mol. The van der Waals surface area contributed by atoms with Crippen LogP contribution in [0.3, 0.4) is 0 Å². The van der Waals surface area contributed by atoms with Crippen LogP contribution in [0.1, 0.15) is 26.7 Å². The van der Waals surface area contributed by atoms with Crippen LogP contribution in [0, 0.1) is 17.2 Å². The van der Waals surface area contributed by atoms with Gasteiger partial charge in [0.15, 0.2) is 0 Å². The summed E-state index contributed by atoms with van der Waals surface area (Å²) in [7, 11) is 0. The lowest BCUT2D eigenvalue weighted by molar-refractivity contribution is -0.137. The highest BCUT2D eigenvalue weighted by Gasteiger charge is 2.02. The Morgan fingerprint density at radius 1 is 1.77 bits per heavy atom. The van der Waals surface area contributed by atoms with Gasteiger partial charge >= 0.3 is 5.97 Å². The van der Waals surface area contributed by atoms with Crippen molar-refractivity contribution >= 4 is 35.0 Å². The molecule has 0 saturated heterocycles. The van der Waals surface area contributed by atoms with Crippen LogP contribution in [0.15, 0.2) is 0 Å². The van der Waals surface area contributed by atoms with Crippen LogP contribution in [0.5, 0.6) is 0 Å². The first-order valence-electron chi connectivity index (χ1n) is 3.71. The quantitative estimate of drug-likeness (QED) is 0.564. The Hall–Kier alpha value is -0.600. The van der Waals surface area contributed by atoms with E-state index in [-0.39, 0.29) is 12.3 Å². The van der Waals surface area contributed by atoms with Gasteiger partial charge in [-0.15, -0.1) is 12.6 Å². The maximum absolute atomic E-state index is 9.91. The summed E-state index contributed by atoms with van der Waals surface area (Å²) >= 11 is 8.10. The Bertz CT molecular complexity index is 207. The molecule has 13 heavy (non-hydrogen) atoms. The number of nitriles is 1. The molecule has 0 aromatic carbocycles. The number of thiol groups is 1. The standard InChI is InChI=1S/C6H9NO2.C2H4S2/c1-5(4-7)2-3-6(8)9;1-2(3)4/h5H,2-3H2,1H3,(H,8,9);1H3,(H,3,4). The van der Waals surface area contributed by atoms with Gasteiger partial charge in [-0.1, -0.05) is 12.2 Å². The van der Waals surface area contributed by atoms with E-state index in [0.717, 1.165) is 0 Å². The average Bonchev–Trinajstić information content (AvgIpc) is 1.99. The Kier molecular flexibility index (Phi) is 10.9. The number of rotatable bonds is 3. The monoisotopic (exact) mass is 219 g/mol. The number of hydrogen-bond donors (Lipinski definition) is 2. The second kappa shape index (κ2) is 9.49. The second-order valence-corrected chi connectivity index (χ2v) is 4.07. The highest BCUT2D eigenvalue weighted by molar-refractivity contribution is 8.11. The smallest absolute Gasteiger partial charge is 0.303 e. The topological polar surface area (TPSA) is 61.1 Å². The van der Waals surface area contributed by atoms with E-state index in [4.69, 9.17) is 10.4 Å². The zero-order valence-electron chi connectivity index (χ0n) is 7.65. The molecule has 0 spiro atoms. The van der Waals surface area contributed by atoms with Gasteiger partial charge in [0.1, 0.15) is 0 Å². The molecule has 74 valence electrons. The van der Waals surface area contributed by atoms with Crippen LogP contribution in [0.2, 0.25) is 0 Å². The maximum Gasteiger partial charge on any atom is 0.303 e. The van der Waals surface area contributed by atoms with Gasteiger partial charge in [-0.25, -0.2) is 0 Å². The number of carboxylic acid groups (broad SMARTS) is 1. The highest BCUT2D eigenvalue weighted by atomic mass is 32.1. The van der Waals surface area contributed by atoms with E-state index in [1.807, 2.05) is 6.07 Å². The fourth-order valence-electron chi connectivity index (χ4n) is 0.405. The predicted octanol–water partition coefficient (Wildman–Crippen LogP) is 2.27. The van der Waals surface area contributed by atoms with Crippen LogP contribution in [-0.2, 0) is 4.79 Å². The molecule has 0 saturated carbocycles. The van der Waals surface area contributed by atoms with E-state index in [1.165, 1.54) is 0 Å². The maximum atomic E-state index is 9.91. The van der Waals surface area contributed by atoms with Crippen molar-refractivity contribution in [3.05, 3.63) is 0 Å². The molecule has 3 nitrogen and oxygen atoms in total. The van der Waals surface area contributed by atoms with Crippen LogP contribution >= 0.6 is 24.8 Å². The van der Waals surface area contributed by atoms with Gasteiger partial charge in [0.05, 0.1) is 6.07 Å². The summed E-state index contributed by atoms with van der Waals surface area (Å²) in [6.45, 7) is 3.47. The number of aliphatic carboxylic acids is 1. The van der Waals surface area contributed by atoms with Gasteiger partial charge in [0.25, 0.3) is 0 Å². The molecule has 0 heterocycles. The molecule has 0 aliphatic heterocycles. The average molecular weight is 219 g/mol. The van der Waals surface area contributed by atoms with Crippen molar-refractivity contribution in [2.45, 2.75) is 26.7 Å². The summed E-state index contributed by atoms with van der Waals surface area (Å²) in [5, 5.41) is 16.4. The minimum atomic E-state index is -0.836. The molecular formula is C8H13NO2S2. The van der Waals surface area contributed by atoms with Crippen molar-refractivity contribution in [3.8, 4) is 6.07 Å². The third-order valence-corrected chi connectivity index (χ3v) is 1.01. The molecule has 0 aromatic rings. The SMILES string of the molecule is CC(=S)S.CC(C#N)CCC(=O)O. The Morgan fingerprint density at radius 3 is 2.38 bits per heavy atom. The van der Waals surface area contributed by atoms with Crippen LogP contribution < -0.4 is 0 Å². The molecule has 0 bridgehead atoms. The minimum Gasteiger partial charge on any atom is -0.481 e. The molecule has 0 rings (SSSR count). The molecule has 0 radical (unpaired) electrons. The zero-order valence-corrected chi connectivity index (χ0v) is 9.36. The lowest BCUT2D eigenvalue weighted by Crippen LogP contribution is -1.98. The van der Waals surface area contributed by atoms with Gasteiger partial charge < -0.3 is 5.11 Å². The van der Waals surface area contributed by atoms with E-state index in [9.17, 15) is 4.79 Å². The molecule has 1 N–H and O–H groups in total. The second-order valence-electron chi connectivity index (χ2n) is 2.48. The summed E-state index contributed by atoms with van der Waals surface area (Å²) in [6.07, 6.45) is 0.542. The van der Waals surface area contributed by atoms with Crippen molar-refractivity contribution in [1.82, 2.24) is 0 Å². The molecule has 0 aromatic heterocycles. The van der Waals surface area contributed by atoms with Crippen molar-refractivity contribution in [2.75, 3.05) is 0 Å². The summed E-state index contributed by atoms with van der Waals surface area (Å²) in [6, 6.07) is 1.96. The van der Waals surface area contributed by atoms with Crippen LogP contribution in [0.25, 0.3) is 0 Å². The number of thiocarbonyl (C=S) groups is 1. The molecule has 0 aliphatic carbocycles. The first-order valence-corrected chi connectivity index (χ1v) is 4.56. The van der Waals surface area contributed by atoms with Gasteiger partial charge in [0, 0.05) is 16.5 Å². The zero-order chi connectivity index (χ0) is 10.9. The van der Waals surface area contributed by atoms with E-state index < -0.39 is 5.97 Å². The fourth-order valence-corrected chi connectivity index (χ4v) is 0.405. The third-order valence-electron chi connectivity index (χ3n) is 1.01. The molecule has 0 fully saturated rings. The lowest BCUT2D eigenvalue weighted by Gasteiger charge is -1.95. The Balaban J connectivity index is 0. The van der Waals surface area contributed by atoms with Gasteiger partial charge in [-0.2, -0.15) is 5.26 Å². The third kappa shape index (κ3) is 24.6. The Morgan fingerprint density at radius 2 is 2.15 bits per heavy atom. The van der Waals surface area contributed by atoms with Gasteiger partial charge in [-0.05, 0) is 20.3 Å². The summed E-state index contributed by atoms with van der Waals surface area (Å²) in [5.74, 6) is -0.974. The minimum absolute atomic E-state index is 0.0920. The first-order chi connectivity index (χ1) is 5.90. The van der Waals surface area contributed by atoms with E-state index in [2.05, 4.69) is 24.8 Å². The lowest BCUT2D eigenvalue weighted by atomic mass is 10.1. The number of nitrogens with zero attached hydrogens (tertiary/aromatic N) is 1. The van der Waals surface area contributed by atoms with Crippen molar-refractivity contribution < 1.29 is 9.90 Å². The molecule has 0 aliphatic rings. The number of carbonyl (C=O) groups is 1.